The number of hydrogen-bond donors (Lipinski definition) is 0. The minimum atomic E-state index is -4.38. The Balaban J connectivity index is 2.93. The van der Waals surface area contributed by atoms with E-state index in [-0.39, 0.29) is 14.9 Å². The summed E-state index contributed by atoms with van der Waals surface area (Å²) < 4.78 is 51.1. The predicted octanol–water partition coefficient (Wildman–Crippen LogP) is 4.56. The van der Waals surface area contributed by atoms with Gasteiger partial charge in [0.2, 0.25) is 0 Å². The number of halogens is 2. The van der Waals surface area contributed by atoms with Crippen LogP contribution in [0.1, 0.15) is 27.7 Å². The topological polar surface area (TPSA) is 97.4 Å². The van der Waals surface area contributed by atoms with Crippen LogP contribution in [0.2, 0.25) is 10.0 Å². The van der Waals surface area contributed by atoms with Gasteiger partial charge in [-0.1, -0.05) is 23.2 Å². The Bertz CT molecular complexity index is 707. The van der Waals surface area contributed by atoms with E-state index in [1.165, 1.54) is 12.1 Å². The van der Waals surface area contributed by atoms with Crippen molar-refractivity contribution in [2.75, 3.05) is 6.35 Å². The first-order valence-corrected chi connectivity index (χ1v) is 11.0. The molecular formula is C13H19Cl2O8PS. The maximum Gasteiger partial charge on any atom is 0.411 e. The predicted molar refractivity (Wildman–Crippen MR) is 91.8 cm³/mol. The van der Waals surface area contributed by atoms with Crippen molar-refractivity contribution in [3.8, 4) is 0 Å². The van der Waals surface area contributed by atoms with Gasteiger partial charge in [0.25, 0.3) is 10.1 Å². The lowest BCUT2D eigenvalue weighted by atomic mass is 10.4. The fraction of sp³-hybridized carbons (Fsp3) is 0.538. The van der Waals surface area contributed by atoms with Crippen LogP contribution in [0.4, 0.5) is 0 Å². The Morgan fingerprint density at radius 1 is 1.04 bits per heavy atom. The number of rotatable bonds is 10. The Morgan fingerprint density at radius 2 is 1.56 bits per heavy atom. The van der Waals surface area contributed by atoms with Crippen molar-refractivity contribution in [1.82, 2.24) is 0 Å². The van der Waals surface area contributed by atoms with E-state index in [4.69, 9.17) is 37.2 Å². The first-order chi connectivity index (χ1) is 11.4. The van der Waals surface area contributed by atoms with Gasteiger partial charge in [-0.2, -0.15) is 8.42 Å². The molecule has 1 rings (SSSR count). The van der Waals surface area contributed by atoms with Gasteiger partial charge < -0.3 is 0 Å². The van der Waals surface area contributed by atoms with Crippen LogP contribution in [-0.4, -0.2) is 27.0 Å². The van der Waals surface area contributed by atoms with E-state index in [1.54, 1.807) is 27.7 Å². The van der Waals surface area contributed by atoms with Gasteiger partial charge in [-0.25, -0.2) is 9.78 Å². The summed E-state index contributed by atoms with van der Waals surface area (Å²) in [5, 5.41) is 0.0199. The third kappa shape index (κ3) is 7.90. The second-order valence-corrected chi connectivity index (χ2v) is 9.53. The first kappa shape index (κ1) is 22.8. The second kappa shape index (κ2) is 9.64. The van der Waals surface area contributed by atoms with Crippen LogP contribution in [0.15, 0.2) is 23.1 Å². The van der Waals surface area contributed by atoms with Crippen LogP contribution in [0, 0.1) is 0 Å². The van der Waals surface area contributed by atoms with E-state index >= 15 is 0 Å². The van der Waals surface area contributed by atoms with E-state index in [9.17, 15) is 13.0 Å². The van der Waals surface area contributed by atoms with Gasteiger partial charge in [-0.3, -0.25) is 8.75 Å². The summed E-state index contributed by atoms with van der Waals surface area (Å²) >= 11 is 11.6. The molecule has 0 unspecified atom stereocenters. The first-order valence-electron chi connectivity index (χ1n) is 7.09. The lowest BCUT2D eigenvalue weighted by molar-refractivity contribution is -0.292. The largest absolute Gasteiger partial charge is 0.411 e. The SMILES string of the molecule is CC(C)OOP(=O)(COS(=O)(=O)c1cc(Cl)ccc1Cl)OOC(C)C. The molecule has 144 valence electrons. The summed E-state index contributed by atoms with van der Waals surface area (Å²) in [6.45, 7) is 6.43. The molecule has 0 aliphatic rings. The molecule has 0 aromatic heterocycles. The molecule has 1 aromatic rings. The Labute approximate surface area is 156 Å². The lowest BCUT2D eigenvalue weighted by Gasteiger charge is -2.18. The molecule has 0 aliphatic heterocycles. The zero-order valence-electron chi connectivity index (χ0n) is 14.0. The maximum atomic E-state index is 12.5. The van der Waals surface area contributed by atoms with Gasteiger partial charge >= 0.3 is 7.60 Å². The van der Waals surface area contributed by atoms with Crippen molar-refractivity contribution in [3.05, 3.63) is 28.2 Å². The molecule has 0 saturated heterocycles. The standard InChI is InChI=1S/C13H19Cl2O8PS/c1-9(2)20-22-24(16,23-21-10(3)4)8-19-25(17,18)13-7-11(14)5-6-12(13)15/h5-7,9-10H,8H2,1-4H3. The van der Waals surface area contributed by atoms with Crippen molar-refractivity contribution in [2.24, 2.45) is 0 Å². The molecule has 0 aliphatic carbocycles. The molecule has 0 atom stereocenters. The minimum Gasteiger partial charge on any atom is -0.253 e. The molecule has 0 spiro atoms. The summed E-state index contributed by atoms with van der Waals surface area (Å²) in [6, 6.07) is 3.80. The molecule has 8 nitrogen and oxygen atoms in total. The Morgan fingerprint density at radius 3 is 2.04 bits per heavy atom. The van der Waals surface area contributed by atoms with Crippen molar-refractivity contribution in [3.63, 3.8) is 0 Å². The quantitative estimate of drug-likeness (QED) is 0.227. The summed E-state index contributed by atoms with van der Waals surface area (Å²) in [7, 11) is -8.58. The Kier molecular flexibility index (Phi) is 8.80. The van der Waals surface area contributed by atoms with Crippen molar-refractivity contribution in [2.45, 2.75) is 44.8 Å². The average Bonchev–Trinajstić information content (AvgIpc) is 2.52. The summed E-state index contributed by atoms with van der Waals surface area (Å²) in [5.41, 5.74) is 0. The zero-order valence-corrected chi connectivity index (χ0v) is 17.2. The van der Waals surface area contributed by atoms with E-state index in [2.05, 4.69) is 9.35 Å². The highest BCUT2D eigenvalue weighted by Gasteiger charge is 2.33. The van der Waals surface area contributed by atoms with E-state index < -0.39 is 36.3 Å². The third-order valence-electron chi connectivity index (χ3n) is 2.23. The van der Waals surface area contributed by atoms with Gasteiger partial charge in [0.1, 0.15) is 4.90 Å². The van der Waals surface area contributed by atoms with Gasteiger partial charge in [0, 0.05) is 5.02 Å². The zero-order chi connectivity index (χ0) is 19.3. The Hall–Kier alpha value is -0.220. The smallest absolute Gasteiger partial charge is 0.253 e. The number of benzene rings is 1. The van der Waals surface area contributed by atoms with E-state index in [1.807, 2.05) is 0 Å². The maximum absolute atomic E-state index is 12.5. The molecule has 0 fully saturated rings. The second-order valence-electron chi connectivity index (χ2n) is 5.33. The molecular weight excluding hydrogens is 418 g/mol. The minimum absolute atomic E-state index is 0.113. The highest BCUT2D eigenvalue weighted by atomic mass is 35.5. The van der Waals surface area contributed by atoms with Crippen LogP contribution in [0.3, 0.4) is 0 Å². The number of hydrogen-bond acceptors (Lipinski definition) is 8. The van der Waals surface area contributed by atoms with Crippen LogP contribution in [0.25, 0.3) is 0 Å². The van der Waals surface area contributed by atoms with E-state index in [0.717, 1.165) is 6.07 Å². The molecule has 0 saturated carbocycles. The fourth-order valence-corrected chi connectivity index (χ4v) is 4.36. The highest BCUT2D eigenvalue weighted by Crippen LogP contribution is 2.50. The van der Waals surface area contributed by atoms with Crippen molar-refractivity contribution in [1.29, 1.82) is 0 Å². The molecule has 0 N–H and O–H groups in total. The molecule has 0 bridgehead atoms. The van der Waals surface area contributed by atoms with Crippen molar-refractivity contribution >= 4 is 40.9 Å². The molecule has 0 radical (unpaired) electrons. The normalized spacial score (nSPS) is 13.0. The molecule has 12 heteroatoms. The molecule has 1 aromatic carbocycles. The van der Waals surface area contributed by atoms with Gasteiger partial charge in [-0.05, 0) is 45.9 Å². The van der Waals surface area contributed by atoms with Crippen LogP contribution < -0.4 is 0 Å². The summed E-state index contributed by atoms with van der Waals surface area (Å²) in [6.07, 6.45) is -1.91. The van der Waals surface area contributed by atoms with Crippen molar-refractivity contribution < 1.29 is 36.3 Å². The van der Waals surface area contributed by atoms with Gasteiger partial charge in [-0.15, -0.1) is 9.35 Å². The lowest BCUT2D eigenvalue weighted by Crippen LogP contribution is -2.14. The third-order valence-corrected chi connectivity index (χ3v) is 5.45. The molecule has 25 heavy (non-hydrogen) atoms. The van der Waals surface area contributed by atoms with Crippen LogP contribution in [0.5, 0.6) is 0 Å². The van der Waals surface area contributed by atoms with Gasteiger partial charge in [0.05, 0.1) is 17.2 Å². The van der Waals surface area contributed by atoms with Crippen LogP contribution in [-0.2, 0) is 38.0 Å². The molecule has 0 heterocycles. The average molecular weight is 437 g/mol. The summed E-state index contributed by atoms with van der Waals surface area (Å²) in [5.74, 6) is 0. The van der Waals surface area contributed by atoms with Crippen LogP contribution >= 0.6 is 30.8 Å². The fourth-order valence-electron chi connectivity index (χ4n) is 1.22. The highest BCUT2D eigenvalue weighted by molar-refractivity contribution is 7.87. The van der Waals surface area contributed by atoms with E-state index in [0.29, 0.717) is 0 Å². The summed E-state index contributed by atoms with van der Waals surface area (Å²) in [4.78, 5) is 9.14. The molecule has 0 amide bonds. The monoisotopic (exact) mass is 436 g/mol. The van der Waals surface area contributed by atoms with Gasteiger partial charge in [0.15, 0.2) is 6.35 Å².